The zero-order chi connectivity index (χ0) is 17.7. The lowest BCUT2D eigenvalue weighted by molar-refractivity contribution is -0.136. The molecule has 1 fully saturated rings. The number of halogens is 2. The van der Waals surface area contributed by atoms with Gasteiger partial charge in [0, 0.05) is 26.2 Å². The number of rotatable bonds is 5. The van der Waals surface area contributed by atoms with Crippen LogP contribution in [0.2, 0.25) is 0 Å². The Morgan fingerprint density at radius 1 is 1.19 bits per heavy atom. The molecule has 0 aromatic heterocycles. The largest absolute Gasteiger partial charge is 0.341 e. The van der Waals surface area contributed by atoms with E-state index in [1.165, 1.54) is 5.56 Å². The van der Waals surface area contributed by atoms with Gasteiger partial charge in [-0.05, 0) is 36.8 Å². The summed E-state index contributed by atoms with van der Waals surface area (Å²) in [4.78, 5) is 16.9. The van der Waals surface area contributed by atoms with Gasteiger partial charge in [0.25, 0.3) is 0 Å². The molecule has 1 aliphatic heterocycles. The quantitative estimate of drug-likeness (QED) is 0.816. The van der Waals surface area contributed by atoms with E-state index in [0.717, 1.165) is 39.0 Å². The first-order chi connectivity index (χ1) is 11.3. The van der Waals surface area contributed by atoms with Crippen molar-refractivity contribution in [3.63, 3.8) is 0 Å². The van der Waals surface area contributed by atoms with Crippen molar-refractivity contribution in [3.8, 4) is 0 Å². The van der Waals surface area contributed by atoms with E-state index in [9.17, 15) is 4.79 Å². The minimum absolute atomic E-state index is 0. The molecule has 1 amide bonds. The first-order valence-electron chi connectivity index (χ1n) is 9.04. The maximum Gasteiger partial charge on any atom is 0.240 e. The number of piperidine rings is 1. The number of hydrogen-bond donors (Lipinski definition) is 1. The van der Waals surface area contributed by atoms with Gasteiger partial charge in [-0.25, -0.2) is 0 Å². The molecule has 0 radical (unpaired) electrons. The van der Waals surface area contributed by atoms with Crippen molar-refractivity contribution in [3.05, 3.63) is 35.9 Å². The van der Waals surface area contributed by atoms with Gasteiger partial charge in [-0.3, -0.25) is 4.79 Å². The zero-order valence-electron chi connectivity index (χ0n) is 16.5. The van der Waals surface area contributed by atoms with Crippen LogP contribution in [0.3, 0.4) is 0 Å². The SMILES string of the molecule is CN(Cc1ccccc1)CC1CCN(C(=O)[C@@H](N)C(C)(C)C)CC1.Cl.Cl. The Morgan fingerprint density at radius 3 is 2.23 bits per heavy atom. The molecule has 1 saturated heterocycles. The molecule has 4 nitrogen and oxygen atoms in total. The van der Waals surface area contributed by atoms with Crippen LogP contribution in [0.1, 0.15) is 39.2 Å². The highest BCUT2D eigenvalue weighted by atomic mass is 35.5. The molecule has 26 heavy (non-hydrogen) atoms. The molecule has 1 aliphatic rings. The number of carbonyl (C=O) groups excluding carboxylic acids is 1. The molecule has 0 bridgehead atoms. The zero-order valence-corrected chi connectivity index (χ0v) is 18.1. The fourth-order valence-corrected chi connectivity index (χ4v) is 3.30. The van der Waals surface area contributed by atoms with Gasteiger partial charge in [0.1, 0.15) is 0 Å². The second-order valence-electron chi connectivity index (χ2n) is 8.29. The van der Waals surface area contributed by atoms with Crippen molar-refractivity contribution in [1.29, 1.82) is 0 Å². The lowest BCUT2D eigenvalue weighted by Gasteiger charge is -2.37. The highest BCUT2D eigenvalue weighted by molar-refractivity contribution is 5.85. The van der Waals surface area contributed by atoms with Gasteiger partial charge in [-0.1, -0.05) is 51.1 Å². The van der Waals surface area contributed by atoms with Gasteiger partial charge in [0.15, 0.2) is 0 Å². The molecule has 1 aromatic carbocycles. The molecule has 0 spiro atoms. The second-order valence-corrected chi connectivity index (χ2v) is 8.29. The average molecular weight is 404 g/mol. The Labute approximate surface area is 171 Å². The normalized spacial score (nSPS) is 16.6. The van der Waals surface area contributed by atoms with E-state index in [-0.39, 0.29) is 36.1 Å². The van der Waals surface area contributed by atoms with Crippen LogP contribution >= 0.6 is 24.8 Å². The minimum Gasteiger partial charge on any atom is -0.341 e. The van der Waals surface area contributed by atoms with Crippen molar-refractivity contribution in [1.82, 2.24) is 9.80 Å². The summed E-state index contributed by atoms with van der Waals surface area (Å²) >= 11 is 0. The molecule has 0 aliphatic carbocycles. The second kappa shape index (κ2) is 11.1. The third-order valence-electron chi connectivity index (χ3n) is 4.99. The molecule has 1 heterocycles. The summed E-state index contributed by atoms with van der Waals surface area (Å²) in [5.41, 5.74) is 7.30. The van der Waals surface area contributed by atoms with Crippen LogP contribution in [0.5, 0.6) is 0 Å². The first kappa shape index (κ1) is 25.2. The predicted octanol–water partition coefficient (Wildman–Crippen LogP) is 3.57. The summed E-state index contributed by atoms with van der Waals surface area (Å²) in [6.07, 6.45) is 2.14. The standard InChI is InChI=1S/C20H33N3O.2ClH/c1-20(2,3)18(21)19(24)23-12-10-17(11-13-23)15-22(4)14-16-8-6-5-7-9-16;;/h5-9,17-18H,10-15,21H2,1-4H3;2*1H/t18-;;/m1../s1. The first-order valence-corrected chi connectivity index (χ1v) is 9.04. The van der Waals surface area contributed by atoms with E-state index in [1.807, 2.05) is 25.7 Å². The van der Waals surface area contributed by atoms with Crippen LogP contribution < -0.4 is 5.73 Å². The van der Waals surface area contributed by atoms with Gasteiger partial charge in [-0.2, -0.15) is 0 Å². The van der Waals surface area contributed by atoms with E-state index in [2.05, 4.69) is 42.3 Å². The van der Waals surface area contributed by atoms with Crippen LogP contribution in [-0.2, 0) is 11.3 Å². The van der Waals surface area contributed by atoms with Gasteiger partial charge in [0.05, 0.1) is 6.04 Å². The summed E-state index contributed by atoms with van der Waals surface area (Å²) in [6, 6.07) is 10.2. The summed E-state index contributed by atoms with van der Waals surface area (Å²) in [6.45, 7) is 9.83. The summed E-state index contributed by atoms with van der Waals surface area (Å²) in [7, 11) is 2.18. The van der Waals surface area contributed by atoms with Crippen molar-refractivity contribution in [2.75, 3.05) is 26.7 Å². The van der Waals surface area contributed by atoms with Crippen molar-refractivity contribution in [2.45, 2.75) is 46.2 Å². The highest BCUT2D eigenvalue weighted by Gasteiger charge is 2.33. The number of nitrogens with two attached hydrogens (primary N) is 1. The van der Waals surface area contributed by atoms with Crippen molar-refractivity contribution >= 4 is 30.7 Å². The van der Waals surface area contributed by atoms with E-state index >= 15 is 0 Å². The van der Waals surface area contributed by atoms with Crippen LogP contribution in [-0.4, -0.2) is 48.4 Å². The lowest BCUT2D eigenvalue weighted by atomic mass is 9.86. The summed E-state index contributed by atoms with van der Waals surface area (Å²) < 4.78 is 0. The van der Waals surface area contributed by atoms with Crippen LogP contribution in [0, 0.1) is 11.3 Å². The van der Waals surface area contributed by atoms with Crippen molar-refractivity contribution in [2.24, 2.45) is 17.1 Å². The van der Waals surface area contributed by atoms with Crippen LogP contribution in [0.4, 0.5) is 0 Å². The van der Waals surface area contributed by atoms with Gasteiger partial charge in [0.2, 0.25) is 5.91 Å². The van der Waals surface area contributed by atoms with Gasteiger partial charge in [-0.15, -0.1) is 24.8 Å². The van der Waals surface area contributed by atoms with Crippen molar-refractivity contribution < 1.29 is 4.79 Å². The number of nitrogens with zero attached hydrogens (tertiary/aromatic N) is 2. The van der Waals surface area contributed by atoms with Crippen LogP contribution in [0.15, 0.2) is 30.3 Å². The third kappa shape index (κ3) is 7.43. The Morgan fingerprint density at radius 2 is 1.73 bits per heavy atom. The van der Waals surface area contributed by atoms with E-state index in [1.54, 1.807) is 0 Å². The molecular formula is C20H35Cl2N3O. The number of carbonyl (C=O) groups is 1. The summed E-state index contributed by atoms with van der Waals surface area (Å²) in [5, 5.41) is 0. The van der Waals surface area contributed by atoms with Crippen LogP contribution in [0.25, 0.3) is 0 Å². The fraction of sp³-hybridized carbons (Fsp3) is 0.650. The molecule has 2 rings (SSSR count). The molecule has 1 aromatic rings. The fourth-order valence-electron chi connectivity index (χ4n) is 3.30. The molecule has 150 valence electrons. The molecular weight excluding hydrogens is 369 g/mol. The number of amides is 1. The Kier molecular flexibility index (Phi) is 10.8. The topological polar surface area (TPSA) is 49.6 Å². The predicted molar refractivity (Wildman–Crippen MR) is 114 cm³/mol. The molecule has 1 atom stereocenters. The Hall–Kier alpha value is -0.810. The monoisotopic (exact) mass is 403 g/mol. The maximum atomic E-state index is 12.5. The summed E-state index contributed by atoms with van der Waals surface area (Å²) in [5.74, 6) is 0.771. The number of benzene rings is 1. The third-order valence-corrected chi connectivity index (χ3v) is 4.99. The highest BCUT2D eigenvalue weighted by Crippen LogP contribution is 2.23. The number of likely N-dealkylation sites (tertiary alicyclic amines) is 1. The maximum absolute atomic E-state index is 12.5. The van der Waals surface area contributed by atoms with E-state index < -0.39 is 6.04 Å². The number of hydrogen-bond acceptors (Lipinski definition) is 3. The minimum atomic E-state index is -0.408. The van der Waals surface area contributed by atoms with E-state index in [4.69, 9.17) is 5.73 Å². The molecule has 0 saturated carbocycles. The molecule has 2 N–H and O–H groups in total. The molecule has 0 unspecified atom stereocenters. The smallest absolute Gasteiger partial charge is 0.240 e. The molecule has 6 heteroatoms. The Balaban J connectivity index is 0.00000312. The van der Waals surface area contributed by atoms with Gasteiger partial charge >= 0.3 is 0 Å². The van der Waals surface area contributed by atoms with E-state index in [0.29, 0.717) is 5.92 Å². The average Bonchev–Trinajstić information content (AvgIpc) is 2.54. The lowest BCUT2D eigenvalue weighted by Crippen LogP contribution is -2.52. The Bertz CT molecular complexity index is 526. The van der Waals surface area contributed by atoms with Gasteiger partial charge < -0.3 is 15.5 Å².